The lowest BCUT2D eigenvalue weighted by Crippen LogP contribution is -2.46. The third-order valence-corrected chi connectivity index (χ3v) is 4.19. The Hall–Kier alpha value is -1.80. The molecule has 8 heteroatoms. The number of allylic oxidation sites excluding steroid dienone is 1. The number of carbonyl (C=O) groups excluding carboxylic acids is 1. The molecule has 1 aliphatic rings. The number of methoxy groups -OCH3 is 2. The first kappa shape index (κ1) is 16.6. The predicted molar refractivity (Wildman–Crippen MR) is 90.8 cm³/mol. The minimum atomic E-state index is -0.529. The smallest absolute Gasteiger partial charge is 0.248 e. The van der Waals surface area contributed by atoms with E-state index in [0.29, 0.717) is 27.9 Å². The molecule has 0 unspecified atom stereocenters. The van der Waals surface area contributed by atoms with Gasteiger partial charge in [-0.25, -0.2) is 0 Å². The van der Waals surface area contributed by atoms with Gasteiger partial charge in [0, 0.05) is 17.3 Å². The van der Waals surface area contributed by atoms with Crippen LogP contribution in [-0.2, 0) is 4.79 Å². The second-order valence-corrected chi connectivity index (χ2v) is 5.93. The maximum atomic E-state index is 11.8. The summed E-state index contributed by atoms with van der Waals surface area (Å²) in [5, 5.41) is 6.38. The quantitative estimate of drug-likeness (QED) is 0.684. The lowest BCUT2D eigenvalue weighted by Gasteiger charge is -2.30. The van der Waals surface area contributed by atoms with Crippen LogP contribution in [0, 0.1) is 0 Å². The second kappa shape index (κ2) is 6.53. The molecule has 0 saturated heterocycles. The summed E-state index contributed by atoms with van der Waals surface area (Å²) < 4.78 is 11.4. The topological polar surface area (TPSA) is 85.6 Å². The number of nitrogens with two attached hydrogens (primary N) is 1. The van der Waals surface area contributed by atoms with Crippen LogP contribution in [0.25, 0.3) is 0 Å². The Morgan fingerprint density at radius 1 is 1.32 bits per heavy atom. The SMILES string of the molecule is COc1cc(OC)c([C@@H]2NC(=S)NC(C)=C2C(N)=O)cc1Br. The third kappa shape index (κ3) is 3.02. The summed E-state index contributed by atoms with van der Waals surface area (Å²) in [6, 6.07) is 3.06. The summed E-state index contributed by atoms with van der Waals surface area (Å²) in [5.41, 5.74) is 7.28. The van der Waals surface area contributed by atoms with Gasteiger partial charge in [0.2, 0.25) is 5.91 Å². The van der Waals surface area contributed by atoms with E-state index in [9.17, 15) is 4.79 Å². The van der Waals surface area contributed by atoms with Crippen molar-refractivity contribution in [1.82, 2.24) is 10.6 Å². The number of thiocarbonyl (C=S) groups is 1. The monoisotopic (exact) mass is 385 g/mol. The van der Waals surface area contributed by atoms with E-state index in [-0.39, 0.29) is 0 Å². The Labute approximate surface area is 142 Å². The zero-order chi connectivity index (χ0) is 16.4. The number of primary amides is 1. The van der Waals surface area contributed by atoms with Gasteiger partial charge in [0.1, 0.15) is 11.5 Å². The fourth-order valence-electron chi connectivity index (χ4n) is 2.36. The Balaban J connectivity index is 2.62. The van der Waals surface area contributed by atoms with Gasteiger partial charge in [-0.1, -0.05) is 0 Å². The molecule has 1 amide bonds. The van der Waals surface area contributed by atoms with E-state index in [1.54, 1.807) is 27.2 Å². The van der Waals surface area contributed by atoms with Crippen LogP contribution in [0.4, 0.5) is 0 Å². The molecular weight excluding hydrogens is 370 g/mol. The van der Waals surface area contributed by atoms with Crippen LogP contribution in [0.3, 0.4) is 0 Å². The van der Waals surface area contributed by atoms with Gasteiger partial charge in [-0.2, -0.15) is 0 Å². The first-order valence-corrected chi connectivity index (χ1v) is 7.58. The van der Waals surface area contributed by atoms with E-state index in [1.165, 1.54) is 0 Å². The average Bonchev–Trinajstić information content (AvgIpc) is 2.45. The van der Waals surface area contributed by atoms with E-state index < -0.39 is 11.9 Å². The van der Waals surface area contributed by atoms with Crippen molar-refractivity contribution in [1.29, 1.82) is 0 Å². The highest BCUT2D eigenvalue weighted by molar-refractivity contribution is 9.10. The van der Waals surface area contributed by atoms with Crippen molar-refractivity contribution in [2.75, 3.05) is 14.2 Å². The Kier molecular flexibility index (Phi) is 4.92. The molecule has 4 N–H and O–H groups in total. The number of benzene rings is 1. The zero-order valence-corrected chi connectivity index (χ0v) is 14.7. The van der Waals surface area contributed by atoms with Crippen LogP contribution in [0.15, 0.2) is 27.9 Å². The van der Waals surface area contributed by atoms with Crippen molar-refractivity contribution in [2.45, 2.75) is 13.0 Å². The Morgan fingerprint density at radius 2 is 1.95 bits per heavy atom. The normalized spacial score (nSPS) is 17.6. The highest BCUT2D eigenvalue weighted by atomic mass is 79.9. The van der Waals surface area contributed by atoms with Crippen LogP contribution in [-0.4, -0.2) is 25.2 Å². The fourth-order valence-corrected chi connectivity index (χ4v) is 3.16. The third-order valence-electron chi connectivity index (χ3n) is 3.35. The van der Waals surface area contributed by atoms with E-state index in [4.69, 9.17) is 27.4 Å². The Morgan fingerprint density at radius 3 is 2.50 bits per heavy atom. The van der Waals surface area contributed by atoms with Gasteiger partial charge in [-0.15, -0.1) is 0 Å². The largest absolute Gasteiger partial charge is 0.496 e. The molecule has 1 heterocycles. The molecule has 1 atom stereocenters. The lowest BCUT2D eigenvalue weighted by molar-refractivity contribution is -0.115. The highest BCUT2D eigenvalue weighted by Gasteiger charge is 2.31. The van der Waals surface area contributed by atoms with E-state index in [0.717, 1.165) is 10.0 Å². The van der Waals surface area contributed by atoms with Crippen molar-refractivity contribution in [3.8, 4) is 11.5 Å². The van der Waals surface area contributed by atoms with Crippen LogP contribution in [0.1, 0.15) is 18.5 Å². The summed E-state index contributed by atoms with van der Waals surface area (Å²) in [5.74, 6) is 0.659. The van der Waals surface area contributed by atoms with E-state index >= 15 is 0 Å². The molecule has 0 bridgehead atoms. The van der Waals surface area contributed by atoms with Crippen molar-refractivity contribution >= 4 is 39.2 Å². The maximum absolute atomic E-state index is 11.8. The van der Waals surface area contributed by atoms with Crippen molar-refractivity contribution < 1.29 is 14.3 Å². The number of nitrogens with one attached hydrogen (secondary N) is 2. The summed E-state index contributed by atoms with van der Waals surface area (Å²) in [6.45, 7) is 1.76. The van der Waals surface area contributed by atoms with E-state index in [1.807, 2.05) is 6.07 Å². The van der Waals surface area contributed by atoms with Gasteiger partial charge in [-0.3, -0.25) is 4.79 Å². The number of rotatable bonds is 4. The van der Waals surface area contributed by atoms with Gasteiger partial charge >= 0.3 is 0 Å². The number of carbonyl (C=O) groups is 1. The van der Waals surface area contributed by atoms with Crippen LogP contribution >= 0.6 is 28.1 Å². The summed E-state index contributed by atoms with van der Waals surface area (Å²) >= 11 is 8.61. The van der Waals surface area contributed by atoms with Crippen molar-refractivity contribution in [2.24, 2.45) is 5.73 Å². The van der Waals surface area contributed by atoms with Gasteiger partial charge in [0.05, 0.1) is 30.3 Å². The molecule has 0 radical (unpaired) electrons. The summed E-state index contributed by atoms with van der Waals surface area (Å²) in [7, 11) is 3.11. The number of hydrogen-bond acceptors (Lipinski definition) is 4. The standard InChI is InChI=1S/C14H16BrN3O3S/c1-6-11(13(16)19)12(18-14(22)17-6)7-4-8(15)10(21-3)5-9(7)20-2/h4-5,12H,1-3H3,(H2,16,19)(H2,17,18,22)/t12-/m0/s1. The van der Waals surface area contributed by atoms with Gasteiger partial charge in [-0.05, 0) is 41.1 Å². The molecule has 22 heavy (non-hydrogen) atoms. The minimum absolute atomic E-state index is 0.406. The lowest BCUT2D eigenvalue weighted by atomic mass is 9.94. The van der Waals surface area contributed by atoms with Crippen LogP contribution in [0.2, 0.25) is 0 Å². The number of ether oxygens (including phenoxy) is 2. The van der Waals surface area contributed by atoms with Gasteiger partial charge in [0.15, 0.2) is 5.11 Å². The molecule has 1 aromatic rings. The van der Waals surface area contributed by atoms with E-state index in [2.05, 4.69) is 26.6 Å². The highest BCUT2D eigenvalue weighted by Crippen LogP contribution is 2.39. The van der Waals surface area contributed by atoms with Gasteiger partial charge < -0.3 is 25.8 Å². The molecular formula is C14H16BrN3O3S. The fraction of sp³-hybridized carbons (Fsp3) is 0.286. The Bertz CT molecular complexity index is 676. The second-order valence-electron chi connectivity index (χ2n) is 4.66. The first-order chi connectivity index (χ1) is 10.4. The number of amides is 1. The van der Waals surface area contributed by atoms with Crippen molar-refractivity contribution in [3.63, 3.8) is 0 Å². The number of hydrogen-bond donors (Lipinski definition) is 3. The molecule has 1 aromatic carbocycles. The predicted octanol–water partition coefficient (Wildman–Crippen LogP) is 1.74. The first-order valence-electron chi connectivity index (χ1n) is 6.38. The maximum Gasteiger partial charge on any atom is 0.248 e. The molecule has 1 aliphatic heterocycles. The molecule has 0 spiro atoms. The molecule has 0 saturated carbocycles. The van der Waals surface area contributed by atoms with Crippen LogP contribution < -0.4 is 25.8 Å². The molecule has 2 rings (SSSR count). The molecule has 118 valence electrons. The molecule has 0 aromatic heterocycles. The molecule has 0 aliphatic carbocycles. The van der Waals surface area contributed by atoms with Gasteiger partial charge in [0.25, 0.3) is 0 Å². The number of halogens is 1. The zero-order valence-electron chi connectivity index (χ0n) is 12.3. The molecule has 0 fully saturated rings. The van der Waals surface area contributed by atoms with Crippen molar-refractivity contribution in [3.05, 3.63) is 33.4 Å². The summed E-state index contributed by atoms with van der Waals surface area (Å²) in [4.78, 5) is 11.8. The summed E-state index contributed by atoms with van der Waals surface area (Å²) in [6.07, 6.45) is 0. The minimum Gasteiger partial charge on any atom is -0.496 e. The average molecular weight is 386 g/mol. The van der Waals surface area contributed by atoms with Crippen LogP contribution in [0.5, 0.6) is 11.5 Å². The molecule has 6 nitrogen and oxygen atoms in total.